The van der Waals surface area contributed by atoms with Crippen molar-refractivity contribution in [2.75, 3.05) is 6.61 Å². The van der Waals surface area contributed by atoms with Gasteiger partial charge in [0.1, 0.15) is 6.61 Å². The number of para-hydroxylation sites is 1. The average Bonchev–Trinajstić information content (AvgIpc) is 2.45. The van der Waals surface area contributed by atoms with E-state index < -0.39 is 4.92 Å². The van der Waals surface area contributed by atoms with Crippen LogP contribution in [0, 0.1) is 17.0 Å². The fraction of sp³-hybridized carbons (Fsp3) is 0.200. The van der Waals surface area contributed by atoms with Crippen LogP contribution in [0.25, 0.3) is 0 Å². The molecular formula is C15H16N2O3. The Bertz CT molecular complexity index is 599. The van der Waals surface area contributed by atoms with Crippen molar-refractivity contribution in [3.63, 3.8) is 0 Å². The van der Waals surface area contributed by atoms with Crippen molar-refractivity contribution in [3.8, 4) is 5.75 Å². The van der Waals surface area contributed by atoms with Gasteiger partial charge in [0.2, 0.25) is 0 Å². The van der Waals surface area contributed by atoms with Crippen molar-refractivity contribution in [3.05, 3.63) is 69.8 Å². The number of nitrogens with zero attached hydrogens (tertiary/aromatic N) is 1. The summed E-state index contributed by atoms with van der Waals surface area (Å²) in [7, 11) is 0. The lowest BCUT2D eigenvalue weighted by molar-refractivity contribution is -0.386. The van der Waals surface area contributed by atoms with E-state index in [1.165, 1.54) is 0 Å². The maximum absolute atomic E-state index is 11.1. The second kappa shape index (κ2) is 6.16. The van der Waals surface area contributed by atoms with Gasteiger partial charge in [-0.2, -0.15) is 0 Å². The van der Waals surface area contributed by atoms with Crippen molar-refractivity contribution < 1.29 is 9.66 Å². The number of hydrogen-bond acceptors (Lipinski definition) is 4. The third-order valence-electron chi connectivity index (χ3n) is 3.03. The van der Waals surface area contributed by atoms with E-state index in [1.807, 2.05) is 30.3 Å². The first-order valence-electron chi connectivity index (χ1n) is 6.27. The topological polar surface area (TPSA) is 78.4 Å². The maximum atomic E-state index is 11.1. The van der Waals surface area contributed by atoms with E-state index in [2.05, 4.69) is 0 Å². The first-order valence-corrected chi connectivity index (χ1v) is 6.27. The first kappa shape index (κ1) is 14.0. The molecule has 5 nitrogen and oxygen atoms in total. The summed E-state index contributed by atoms with van der Waals surface area (Å²) in [5.74, 6) is 0.251. The first-order chi connectivity index (χ1) is 9.59. The summed E-state index contributed by atoms with van der Waals surface area (Å²) >= 11 is 0. The van der Waals surface area contributed by atoms with Crippen molar-refractivity contribution in [1.29, 1.82) is 0 Å². The molecule has 0 radical (unpaired) electrons. The minimum atomic E-state index is -0.432. The molecular weight excluding hydrogens is 256 g/mol. The van der Waals surface area contributed by atoms with Crippen molar-refractivity contribution in [2.24, 2.45) is 5.73 Å². The molecule has 2 rings (SSSR count). The van der Waals surface area contributed by atoms with Gasteiger partial charge in [-0.05, 0) is 18.6 Å². The van der Waals surface area contributed by atoms with Crippen LogP contribution in [0.1, 0.15) is 17.2 Å². The lowest BCUT2D eigenvalue weighted by Gasteiger charge is -2.14. The molecule has 0 saturated carbocycles. The highest BCUT2D eigenvalue weighted by Gasteiger charge is 2.19. The Balaban J connectivity index is 2.12. The summed E-state index contributed by atoms with van der Waals surface area (Å²) in [6.07, 6.45) is 0. The van der Waals surface area contributed by atoms with Crippen molar-refractivity contribution >= 4 is 5.69 Å². The third-order valence-corrected chi connectivity index (χ3v) is 3.03. The third kappa shape index (κ3) is 3.13. The smallest absolute Gasteiger partial charge is 0.313 e. The van der Waals surface area contributed by atoms with Crippen molar-refractivity contribution in [1.82, 2.24) is 0 Å². The Hall–Kier alpha value is -2.40. The van der Waals surface area contributed by atoms with E-state index in [4.69, 9.17) is 10.5 Å². The Morgan fingerprint density at radius 3 is 2.55 bits per heavy atom. The van der Waals surface area contributed by atoms with Crippen LogP contribution in [0.4, 0.5) is 5.69 Å². The molecule has 20 heavy (non-hydrogen) atoms. The van der Waals surface area contributed by atoms with Crippen LogP contribution in [-0.2, 0) is 0 Å². The van der Waals surface area contributed by atoms with E-state index in [1.54, 1.807) is 25.1 Å². The highest BCUT2D eigenvalue weighted by atomic mass is 16.6. The van der Waals surface area contributed by atoms with Gasteiger partial charge < -0.3 is 10.5 Å². The Labute approximate surface area is 117 Å². The quantitative estimate of drug-likeness (QED) is 0.670. The molecule has 1 atom stereocenters. The van der Waals surface area contributed by atoms with Crippen LogP contribution in [0.15, 0.2) is 48.5 Å². The van der Waals surface area contributed by atoms with Gasteiger partial charge in [0.05, 0.1) is 11.0 Å². The zero-order valence-electron chi connectivity index (χ0n) is 11.2. The molecule has 2 aromatic carbocycles. The maximum Gasteiger partial charge on any atom is 0.313 e. The second-order valence-corrected chi connectivity index (χ2v) is 4.51. The van der Waals surface area contributed by atoms with Gasteiger partial charge in [-0.1, -0.05) is 42.5 Å². The molecule has 2 aromatic rings. The van der Waals surface area contributed by atoms with Gasteiger partial charge in [0.15, 0.2) is 5.75 Å². The minimum absolute atomic E-state index is 0.00670. The highest BCUT2D eigenvalue weighted by Crippen LogP contribution is 2.30. The number of rotatable bonds is 5. The second-order valence-electron chi connectivity index (χ2n) is 4.51. The van der Waals surface area contributed by atoms with Gasteiger partial charge in [-0.15, -0.1) is 0 Å². The number of aryl methyl sites for hydroxylation is 1. The monoisotopic (exact) mass is 272 g/mol. The van der Waals surface area contributed by atoms with Gasteiger partial charge in [-0.25, -0.2) is 0 Å². The van der Waals surface area contributed by atoms with Gasteiger partial charge >= 0.3 is 5.69 Å². The molecule has 1 unspecified atom stereocenters. The fourth-order valence-corrected chi connectivity index (χ4v) is 1.96. The number of ether oxygens (including phenoxy) is 1. The van der Waals surface area contributed by atoms with Gasteiger partial charge in [-0.3, -0.25) is 10.1 Å². The van der Waals surface area contributed by atoms with E-state index >= 15 is 0 Å². The molecule has 0 fully saturated rings. The molecule has 0 aliphatic carbocycles. The van der Waals surface area contributed by atoms with Crippen LogP contribution in [0.2, 0.25) is 0 Å². The molecule has 0 bridgehead atoms. The summed E-state index contributed by atoms with van der Waals surface area (Å²) < 4.78 is 5.53. The Morgan fingerprint density at radius 1 is 1.20 bits per heavy atom. The largest absolute Gasteiger partial charge is 0.485 e. The summed E-state index contributed by atoms with van der Waals surface area (Å²) in [6.45, 7) is 1.87. The van der Waals surface area contributed by atoms with E-state index in [0.29, 0.717) is 5.56 Å². The van der Waals surface area contributed by atoms with E-state index in [9.17, 15) is 10.1 Å². The number of nitrogens with two attached hydrogens (primary N) is 1. The van der Waals surface area contributed by atoms with Gasteiger partial charge in [0.25, 0.3) is 0 Å². The molecule has 0 aromatic heterocycles. The molecule has 104 valence electrons. The molecule has 0 heterocycles. The van der Waals surface area contributed by atoms with E-state index in [-0.39, 0.29) is 24.1 Å². The standard InChI is InChI=1S/C15H16N2O3/c1-11-6-5-9-14(15(11)17(18)19)20-10-13(16)12-7-3-2-4-8-12/h2-9,13H,10,16H2,1H3. The normalized spacial score (nSPS) is 11.9. The molecule has 2 N–H and O–H groups in total. The van der Waals surface area contributed by atoms with Crippen LogP contribution >= 0.6 is 0 Å². The van der Waals surface area contributed by atoms with Gasteiger partial charge in [0, 0.05) is 5.56 Å². The molecule has 0 aliphatic rings. The number of benzene rings is 2. The minimum Gasteiger partial charge on any atom is -0.485 e. The Kier molecular flexibility index (Phi) is 4.32. The Morgan fingerprint density at radius 2 is 1.90 bits per heavy atom. The van der Waals surface area contributed by atoms with Crippen LogP contribution in [0.3, 0.4) is 0 Å². The van der Waals surface area contributed by atoms with Crippen LogP contribution in [-0.4, -0.2) is 11.5 Å². The molecule has 0 aliphatic heterocycles. The number of hydrogen-bond donors (Lipinski definition) is 1. The molecule has 0 saturated heterocycles. The van der Waals surface area contributed by atoms with Crippen LogP contribution < -0.4 is 10.5 Å². The molecule has 0 amide bonds. The SMILES string of the molecule is Cc1cccc(OCC(N)c2ccccc2)c1[N+](=O)[O-]. The molecule has 5 heteroatoms. The number of nitro benzene ring substituents is 1. The van der Waals surface area contributed by atoms with Crippen molar-refractivity contribution in [2.45, 2.75) is 13.0 Å². The molecule has 0 spiro atoms. The fourth-order valence-electron chi connectivity index (χ4n) is 1.96. The summed E-state index contributed by atoms with van der Waals surface area (Å²) in [4.78, 5) is 10.6. The zero-order valence-corrected chi connectivity index (χ0v) is 11.2. The summed E-state index contributed by atoms with van der Waals surface area (Å²) in [5.41, 5.74) is 7.51. The number of nitro groups is 1. The van der Waals surface area contributed by atoms with E-state index in [0.717, 1.165) is 5.56 Å². The lowest BCUT2D eigenvalue weighted by Crippen LogP contribution is -2.19. The summed E-state index contributed by atoms with van der Waals surface area (Å²) in [6, 6.07) is 14.2. The van der Waals surface area contributed by atoms with Crippen LogP contribution in [0.5, 0.6) is 5.75 Å². The zero-order chi connectivity index (χ0) is 14.5. The highest BCUT2D eigenvalue weighted by molar-refractivity contribution is 5.52. The predicted octanol–water partition coefficient (Wildman–Crippen LogP) is 2.98. The summed E-state index contributed by atoms with van der Waals surface area (Å²) in [5, 5.41) is 11.1. The average molecular weight is 272 g/mol. The lowest BCUT2D eigenvalue weighted by atomic mass is 10.1. The predicted molar refractivity (Wildman–Crippen MR) is 76.7 cm³/mol.